The fourth-order valence-electron chi connectivity index (χ4n) is 1.71. The van der Waals surface area contributed by atoms with Crippen molar-refractivity contribution in [3.05, 3.63) is 35.1 Å². The Morgan fingerprint density at radius 3 is 3.06 bits per heavy atom. The van der Waals surface area contributed by atoms with E-state index in [1.165, 1.54) is 6.07 Å². The van der Waals surface area contributed by atoms with Gasteiger partial charge in [0, 0.05) is 24.8 Å². The maximum atomic E-state index is 13.5. The smallest absolute Gasteiger partial charge is 0.129 e. The van der Waals surface area contributed by atoms with E-state index in [-0.39, 0.29) is 5.82 Å². The van der Waals surface area contributed by atoms with Gasteiger partial charge >= 0.3 is 0 Å². The average Bonchev–Trinajstić information content (AvgIpc) is 2.80. The Kier molecular flexibility index (Phi) is 3.50. The number of halogens is 1. The minimum atomic E-state index is -0.328. The van der Waals surface area contributed by atoms with E-state index in [0.29, 0.717) is 30.3 Å². The number of nitriles is 1. The summed E-state index contributed by atoms with van der Waals surface area (Å²) in [5.41, 5.74) is 0.941. The van der Waals surface area contributed by atoms with E-state index in [4.69, 9.17) is 10.00 Å². The zero-order valence-corrected chi connectivity index (χ0v) is 8.87. The van der Waals surface area contributed by atoms with Crippen LogP contribution in [0.2, 0.25) is 0 Å². The fraction of sp³-hybridized carbons (Fsp3) is 0.417. The molecule has 1 aromatic rings. The van der Waals surface area contributed by atoms with Gasteiger partial charge in [-0.15, -0.1) is 0 Å². The molecule has 0 amide bonds. The molecule has 1 aromatic carbocycles. The molecule has 1 fully saturated rings. The number of benzene rings is 1. The lowest BCUT2D eigenvalue weighted by Gasteiger charge is -2.10. The number of nitrogens with zero attached hydrogens (tertiary/aromatic N) is 1. The van der Waals surface area contributed by atoms with Crippen LogP contribution in [-0.2, 0) is 11.3 Å². The molecule has 1 aliphatic rings. The van der Waals surface area contributed by atoms with Gasteiger partial charge in [0.05, 0.1) is 18.2 Å². The van der Waals surface area contributed by atoms with Crippen LogP contribution < -0.4 is 5.32 Å². The molecule has 0 aromatic heterocycles. The van der Waals surface area contributed by atoms with Crippen LogP contribution >= 0.6 is 0 Å². The maximum Gasteiger partial charge on any atom is 0.129 e. The Bertz CT molecular complexity index is 408. The molecule has 0 aliphatic carbocycles. The Hall–Kier alpha value is -1.44. The summed E-state index contributed by atoms with van der Waals surface area (Å²) >= 11 is 0. The van der Waals surface area contributed by atoms with E-state index in [2.05, 4.69) is 5.32 Å². The van der Waals surface area contributed by atoms with E-state index in [0.717, 1.165) is 13.0 Å². The number of hydrogen-bond acceptors (Lipinski definition) is 3. The highest BCUT2D eigenvalue weighted by atomic mass is 19.1. The molecule has 84 valence electrons. The lowest BCUT2D eigenvalue weighted by molar-refractivity contribution is 0.189. The predicted octanol–water partition coefficient (Wildman–Crippen LogP) is 1.58. The van der Waals surface area contributed by atoms with E-state index < -0.39 is 0 Å². The molecule has 0 bridgehead atoms. The lowest BCUT2D eigenvalue weighted by Crippen LogP contribution is -2.28. The van der Waals surface area contributed by atoms with E-state index >= 15 is 0 Å². The molecule has 0 radical (unpaired) electrons. The number of rotatable bonds is 3. The lowest BCUT2D eigenvalue weighted by atomic mass is 10.1. The second-order valence-corrected chi connectivity index (χ2v) is 3.86. The number of hydrogen-bond donors (Lipinski definition) is 1. The van der Waals surface area contributed by atoms with Crippen LogP contribution in [-0.4, -0.2) is 19.3 Å². The first-order chi connectivity index (χ1) is 7.79. The quantitative estimate of drug-likeness (QED) is 0.841. The van der Waals surface area contributed by atoms with Crippen LogP contribution in [0.1, 0.15) is 17.5 Å². The first-order valence-corrected chi connectivity index (χ1v) is 5.29. The summed E-state index contributed by atoms with van der Waals surface area (Å²) in [6, 6.07) is 6.77. The second-order valence-electron chi connectivity index (χ2n) is 3.86. The predicted molar refractivity (Wildman–Crippen MR) is 57.2 cm³/mol. The zero-order valence-electron chi connectivity index (χ0n) is 8.87. The van der Waals surface area contributed by atoms with Gasteiger partial charge in [0.2, 0.25) is 0 Å². The van der Waals surface area contributed by atoms with Gasteiger partial charge in [-0.2, -0.15) is 5.26 Å². The Balaban J connectivity index is 1.96. The monoisotopic (exact) mass is 220 g/mol. The molecular formula is C12H13FN2O. The molecule has 2 rings (SSSR count). The van der Waals surface area contributed by atoms with E-state index in [9.17, 15) is 4.39 Å². The Morgan fingerprint density at radius 1 is 1.56 bits per heavy atom. The molecule has 1 atom stereocenters. The zero-order chi connectivity index (χ0) is 11.4. The van der Waals surface area contributed by atoms with E-state index in [1.807, 2.05) is 6.07 Å². The third-order valence-corrected chi connectivity index (χ3v) is 2.69. The summed E-state index contributed by atoms with van der Waals surface area (Å²) in [7, 11) is 0. The second kappa shape index (κ2) is 5.06. The summed E-state index contributed by atoms with van der Waals surface area (Å²) in [4.78, 5) is 0. The minimum absolute atomic E-state index is 0.315. The summed E-state index contributed by atoms with van der Waals surface area (Å²) < 4.78 is 18.7. The van der Waals surface area contributed by atoms with Crippen molar-refractivity contribution < 1.29 is 9.13 Å². The van der Waals surface area contributed by atoms with Gasteiger partial charge in [0.25, 0.3) is 0 Å². The van der Waals surface area contributed by atoms with E-state index in [1.54, 1.807) is 12.1 Å². The molecule has 3 nitrogen and oxygen atoms in total. The summed E-state index contributed by atoms with van der Waals surface area (Å²) in [5.74, 6) is -0.328. The molecule has 4 heteroatoms. The van der Waals surface area contributed by atoms with Crippen LogP contribution in [0.5, 0.6) is 0 Å². The van der Waals surface area contributed by atoms with Crippen molar-refractivity contribution in [2.24, 2.45) is 0 Å². The molecule has 1 saturated heterocycles. The Labute approximate surface area is 93.8 Å². The molecule has 1 aliphatic heterocycles. The van der Waals surface area contributed by atoms with Crippen molar-refractivity contribution >= 4 is 0 Å². The first kappa shape index (κ1) is 11.1. The summed E-state index contributed by atoms with van der Waals surface area (Å²) in [6.07, 6.45) is 0.970. The summed E-state index contributed by atoms with van der Waals surface area (Å²) in [5, 5.41) is 11.8. The largest absolute Gasteiger partial charge is 0.380 e. The van der Waals surface area contributed by atoms with Crippen LogP contribution in [0.4, 0.5) is 4.39 Å². The molecule has 0 spiro atoms. The standard InChI is InChI=1S/C12H13FN2O/c13-12-5-9(6-14)1-2-10(12)7-15-11-3-4-16-8-11/h1-2,5,11,15H,3-4,7-8H2. The molecule has 0 saturated carbocycles. The highest BCUT2D eigenvalue weighted by molar-refractivity contribution is 5.32. The third kappa shape index (κ3) is 2.57. The van der Waals surface area contributed by atoms with Gasteiger partial charge in [0.15, 0.2) is 0 Å². The van der Waals surface area contributed by atoms with Crippen molar-refractivity contribution in [1.29, 1.82) is 5.26 Å². The van der Waals surface area contributed by atoms with Gasteiger partial charge in [-0.05, 0) is 18.6 Å². The normalized spacial score (nSPS) is 19.6. The molecule has 1 unspecified atom stereocenters. The van der Waals surface area contributed by atoms with Gasteiger partial charge in [0.1, 0.15) is 5.82 Å². The number of ether oxygens (including phenoxy) is 1. The van der Waals surface area contributed by atoms with Crippen molar-refractivity contribution in [2.75, 3.05) is 13.2 Å². The average molecular weight is 220 g/mol. The Morgan fingerprint density at radius 2 is 2.44 bits per heavy atom. The van der Waals surface area contributed by atoms with Crippen molar-refractivity contribution in [2.45, 2.75) is 19.0 Å². The molecular weight excluding hydrogens is 207 g/mol. The highest BCUT2D eigenvalue weighted by Gasteiger charge is 2.15. The highest BCUT2D eigenvalue weighted by Crippen LogP contribution is 2.11. The fourth-order valence-corrected chi connectivity index (χ4v) is 1.71. The third-order valence-electron chi connectivity index (χ3n) is 2.69. The van der Waals surface area contributed by atoms with Gasteiger partial charge < -0.3 is 10.1 Å². The first-order valence-electron chi connectivity index (χ1n) is 5.29. The van der Waals surface area contributed by atoms with Crippen LogP contribution in [0, 0.1) is 17.1 Å². The SMILES string of the molecule is N#Cc1ccc(CNC2CCOC2)c(F)c1. The van der Waals surface area contributed by atoms with Crippen LogP contribution in [0.25, 0.3) is 0 Å². The minimum Gasteiger partial charge on any atom is -0.380 e. The topological polar surface area (TPSA) is 45.0 Å². The summed E-state index contributed by atoms with van der Waals surface area (Å²) in [6.45, 7) is 1.94. The molecule has 1 heterocycles. The van der Waals surface area contributed by atoms with Gasteiger partial charge in [-0.25, -0.2) is 4.39 Å². The van der Waals surface area contributed by atoms with Crippen LogP contribution in [0.3, 0.4) is 0 Å². The van der Waals surface area contributed by atoms with Crippen LogP contribution in [0.15, 0.2) is 18.2 Å². The van der Waals surface area contributed by atoms with Crippen molar-refractivity contribution in [3.8, 4) is 6.07 Å². The van der Waals surface area contributed by atoms with Crippen molar-refractivity contribution in [1.82, 2.24) is 5.32 Å². The maximum absolute atomic E-state index is 13.5. The van der Waals surface area contributed by atoms with Gasteiger partial charge in [-0.1, -0.05) is 6.07 Å². The van der Waals surface area contributed by atoms with Crippen molar-refractivity contribution in [3.63, 3.8) is 0 Å². The van der Waals surface area contributed by atoms with Gasteiger partial charge in [-0.3, -0.25) is 0 Å². The number of nitrogens with one attached hydrogen (secondary N) is 1. The molecule has 16 heavy (non-hydrogen) atoms. The molecule has 1 N–H and O–H groups in total.